The Morgan fingerprint density at radius 1 is 1.38 bits per heavy atom. The van der Waals surface area contributed by atoms with Crippen LogP contribution in [-0.2, 0) is 4.74 Å². The number of esters is 1. The Morgan fingerprint density at radius 2 is 2.12 bits per heavy atom. The van der Waals surface area contributed by atoms with Gasteiger partial charge in [-0.15, -0.1) is 0 Å². The Bertz CT molecular complexity index is 569. The van der Waals surface area contributed by atoms with Crippen LogP contribution in [0.5, 0.6) is 0 Å². The minimum atomic E-state index is -0.519. The van der Waals surface area contributed by atoms with Crippen molar-refractivity contribution < 1.29 is 9.53 Å². The van der Waals surface area contributed by atoms with Crippen molar-refractivity contribution in [1.82, 2.24) is 4.98 Å². The summed E-state index contributed by atoms with van der Waals surface area (Å²) in [4.78, 5) is 15.5. The second-order valence-corrected chi connectivity index (χ2v) is 3.98. The Morgan fingerprint density at radius 3 is 2.81 bits per heavy atom. The largest absolute Gasteiger partial charge is 0.464 e. The van der Waals surface area contributed by atoms with Gasteiger partial charge in [-0.05, 0) is 23.6 Å². The first kappa shape index (κ1) is 11.2. The van der Waals surface area contributed by atoms with E-state index in [2.05, 4.69) is 9.72 Å². The monoisotopic (exact) mass is 255 g/mol. The fourth-order valence-electron chi connectivity index (χ4n) is 1.48. The maximum absolute atomic E-state index is 11.5. The van der Waals surface area contributed by atoms with E-state index in [1.54, 1.807) is 18.2 Å². The molecule has 5 heteroatoms. The smallest absolute Gasteiger partial charge is 0.357 e. The topological polar surface area (TPSA) is 39.2 Å². The summed E-state index contributed by atoms with van der Waals surface area (Å²) < 4.78 is 4.64. The van der Waals surface area contributed by atoms with Crippen LogP contribution in [0.1, 0.15) is 10.5 Å². The number of carbonyl (C=O) groups excluding carboxylic acids is 1. The second-order valence-electron chi connectivity index (χ2n) is 3.14. The Kier molecular flexibility index (Phi) is 2.99. The van der Waals surface area contributed by atoms with Crippen molar-refractivity contribution in [2.24, 2.45) is 0 Å². The lowest BCUT2D eigenvalue weighted by molar-refractivity contribution is 0.0596. The number of hydrogen-bond donors (Lipinski definition) is 0. The molecular weight excluding hydrogens is 249 g/mol. The van der Waals surface area contributed by atoms with Crippen molar-refractivity contribution in [2.75, 3.05) is 7.11 Å². The number of pyridine rings is 1. The molecule has 1 heterocycles. The first-order valence-electron chi connectivity index (χ1n) is 4.45. The average Bonchev–Trinajstić information content (AvgIpc) is 2.26. The molecular formula is C11H7Cl2NO2. The lowest BCUT2D eigenvalue weighted by Gasteiger charge is -2.06. The zero-order valence-corrected chi connectivity index (χ0v) is 9.84. The molecule has 0 unspecified atom stereocenters. The third kappa shape index (κ3) is 1.84. The molecule has 3 nitrogen and oxygen atoms in total. The number of halogens is 2. The summed E-state index contributed by atoms with van der Waals surface area (Å²) in [6.07, 6.45) is 1.52. The summed E-state index contributed by atoms with van der Waals surface area (Å²) in [5, 5.41) is 2.21. The SMILES string of the molecule is COC(=O)c1nccc2cc(Cl)cc(Cl)c12. The molecule has 0 atom stereocenters. The van der Waals surface area contributed by atoms with Crippen molar-refractivity contribution in [1.29, 1.82) is 0 Å². The highest BCUT2D eigenvalue weighted by molar-refractivity contribution is 6.39. The van der Waals surface area contributed by atoms with Crippen LogP contribution in [0.3, 0.4) is 0 Å². The number of hydrogen-bond acceptors (Lipinski definition) is 3. The quantitative estimate of drug-likeness (QED) is 0.734. The van der Waals surface area contributed by atoms with Crippen molar-refractivity contribution in [2.45, 2.75) is 0 Å². The molecule has 0 spiro atoms. The van der Waals surface area contributed by atoms with Gasteiger partial charge in [-0.3, -0.25) is 0 Å². The predicted molar refractivity (Wildman–Crippen MR) is 63.1 cm³/mol. The first-order valence-corrected chi connectivity index (χ1v) is 5.21. The molecule has 2 rings (SSSR count). The minimum absolute atomic E-state index is 0.196. The van der Waals surface area contributed by atoms with Gasteiger partial charge in [0.1, 0.15) is 0 Å². The van der Waals surface area contributed by atoms with Gasteiger partial charge >= 0.3 is 5.97 Å². The lowest BCUT2D eigenvalue weighted by atomic mass is 10.1. The molecule has 0 aliphatic carbocycles. The predicted octanol–water partition coefficient (Wildman–Crippen LogP) is 3.33. The molecule has 0 radical (unpaired) electrons. The van der Waals surface area contributed by atoms with Gasteiger partial charge in [-0.1, -0.05) is 23.2 Å². The number of methoxy groups -OCH3 is 1. The number of nitrogens with zero attached hydrogens (tertiary/aromatic N) is 1. The van der Waals surface area contributed by atoms with Crippen molar-refractivity contribution >= 4 is 39.9 Å². The molecule has 1 aromatic heterocycles. The van der Waals surface area contributed by atoms with E-state index >= 15 is 0 Å². The molecule has 0 saturated heterocycles. The molecule has 2 aromatic rings. The maximum Gasteiger partial charge on any atom is 0.357 e. The number of aromatic nitrogens is 1. The van der Waals surface area contributed by atoms with Crippen LogP contribution in [0.25, 0.3) is 10.8 Å². The number of fused-ring (bicyclic) bond motifs is 1. The Labute approximate surface area is 102 Å². The first-order chi connectivity index (χ1) is 7.63. The number of ether oxygens (including phenoxy) is 1. The van der Waals surface area contributed by atoms with E-state index in [1.165, 1.54) is 13.3 Å². The highest BCUT2D eigenvalue weighted by atomic mass is 35.5. The van der Waals surface area contributed by atoms with Crippen LogP contribution in [-0.4, -0.2) is 18.1 Å². The fraction of sp³-hybridized carbons (Fsp3) is 0.0909. The minimum Gasteiger partial charge on any atom is -0.464 e. The standard InChI is InChI=1S/C11H7Cl2NO2/c1-16-11(15)10-9-6(2-3-14-10)4-7(12)5-8(9)13/h2-5H,1H3. The van der Waals surface area contributed by atoms with Crippen LogP contribution in [0.4, 0.5) is 0 Å². The van der Waals surface area contributed by atoms with E-state index in [4.69, 9.17) is 23.2 Å². The summed E-state index contributed by atoms with van der Waals surface area (Å²) in [6.45, 7) is 0. The van der Waals surface area contributed by atoms with E-state index < -0.39 is 5.97 Å². The number of carbonyl (C=O) groups is 1. The fourth-order valence-corrected chi connectivity index (χ4v) is 2.08. The van der Waals surface area contributed by atoms with E-state index in [0.717, 1.165) is 5.39 Å². The van der Waals surface area contributed by atoms with Gasteiger partial charge in [0.15, 0.2) is 5.69 Å². The third-order valence-electron chi connectivity index (χ3n) is 2.16. The number of benzene rings is 1. The number of rotatable bonds is 1. The molecule has 82 valence electrons. The van der Waals surface area contributed by atoms with Crippen LogP contribution in [0.2, 0.25) is 10.0 Å². The van der Waals surface area contributed by atoms with E-state index in [0.29, 0.717) is 15.4 Å². The van der Waals surface area contributed by atoms with Gasteiger partial charge in [-0.25, -0.2) is 9.78 Å². The molecule has 1 aromatic carbocycles. The summed E-state index contributed by atoms with van der Waals surface area (Å²) in [5.74, 6) is -0.519. The molecule has 0 saturated carbocycles. The molecule has 0 aliphatic rings. The van der Waals surface area contributed by atoms with Crippen LogP contribution >= 0.6 is 23.2 Å². The molecule has 0 fully saturated rings. The van der Waals surface area contributed by atoms with Gasteiger partial charge in [-0.2, -0.15) is 0 Å². The Balaban J connectivity index is 2.81. The maximum atomic E-state index is 11.5. The van der Waals surface area contributed by atoms with Crippen LogP contribution in [0.15, 0.2) is 24.4 Å². The molecule has 0 aliphatic heterocycles. The molecule has 0 bridgehead atoms. The highest BCUT2D eigenvalue weighted by Gasteiger charge is 2.14. The highest BCUT2D eigenvalue weighted by Crippen LogP contribution is 2.29. The van der Waals surface area contributed by atoms with E-state index in [9.17, 15) is 4.79 Å². The van der Waals surface area contributed by atoms with Gasteiger partial charge < -0.3 is 4.74 Å². The van der Waals surface area contributed by atoms with Gasteiger partial charge in [0.05, 0.1) is 12.1 Å². The van der Waals surface area contributed by atoms with Crippen molar-refractivity contribution in [3.63, 3.8) is 0 Å². The third-order valence-corrected chi connectivity index (χ3v) is 2.68. The normalized spacial score (nSPS) is 10.4. The van der Waals surface area contributed by atoms with Crippen molar-refractivity contribution in [3.05, 3.63) is 40.1 Å². The van der Waals surface area contributed by atoms with Gasteiger partial charge in [0.25, 0.3) is 0 Å². The summed E-state index contributed by atoms with van der Waals surface area (Å²) >= 11 is 11.9. The molecule has 0 N–H and O–H groups in total. The summed E-state index contributed by atoms with van der Waals surface area (Å²) in [5.41, 5.74) is 0.196. The summed E-state index contributed by atoms with van der Waals surface area (Å²) in [7, 11) is 1.30. The van der Waals surface area contributed by atoms with E-state index in [-0.39, 0.29) is 5.69 Å². The lowest BCUT2D eigenvalue weighted by Crippen LogP contribution is -2.05. The van der Waals surface area contributed by atoms with Crippen LogP contribution in [0, 0.1) is 0 Å². The molecule has 0 amide bonds. The van der Waals surface area contributed by atoms with Crippen molar-refractivity contribution in [3.8, 4) is 0 Å². The van der Waals surface area contributed by atoms with Gasteiger partial charge in [0, 0.05) is 16.6 Å². The zero-order valence-electron chi connectivity index (χ0n) is 8.33. The van der Waals surface area contributed by atoms with Gasteiger partial charge in [0.2, 0.25) is 0 Å². The zero-order chi connectivity index (χ0) is 11.7. The van der Waals surface area contributed by atoms with Crippen LogP contribution < -0.4 is 0 Å². The van der Waals surface area contributed by atoms with E-state index in [1.807, 2.05) is 0 Å². The average molecular weight is 256 g/mol. The second kappa shape index (κ2) is 4.28. The summed E-state index contributed by atoms with van der Waals surface area (Å²) in [6, 6.07) is 5.02. The molecule has 16 heavy (non-hydrogen) atoms. The Hall–Kier alpha value is -1.32.